The molecule has 252 valence electrons. The van der Waals surface area contributed by atoms with Gasteiger partial charge in [0.05, 0.1) is 33.4 Å². The molecule has 0 spiro atoms. The zero-order valence-electron chi connectivity index (χ0n) is 28.5. The van der Waals surface area contributed by atoms with Gasteiger partial charge >= 0.3 is 6.01 Å². The van der Waals surface area contributed by atoms with Crippen molar-refractivity contribution < 1.29 is 19.3 Å². The Morgan fingerprint density at radius 3 is 2.44 bits per heavy atom. The molecule has 4 aliphatic rings. The van der Waals surface area contributed by atoms with Gasteiger partial charge in [0.25, 0.3) is 0 Å². The van der Waals surface area contributed by atoms with E-state index in [0.29, 0.717) is 50.5 Å². The minimum absolute atomic E-state index is 0.0248. The minimum atomic E-state index is -0.715. The van der Waals surface area contributed by atoms with E-state index in [1.807, 2.05) is 19.9 Å². The first-order valence-electron chi connectivity index (χ1n) is 17.8. The van der Waals surface area contributed by atoms with Crippen molar-refractivity contribution in [1.29, 1.82) is 0 Å². The first kappa shape index (κ1) is 31.4. The zero-order valence-corrected chi connectivity index (χ0v) is 28.5. The van der Waals surface area contributed by atoms with Gasteiger partial charge < -0.3 is 19.8 Å². The van der Waals surface area contributed by atoms with E-state index in [0.717, 1.165) is 75.1 Å². The summed E-state index contributed by atoms with van der Waals surface area (Å²) in [6.45, 7) is 12.3. The number of anilines is 1. The molecule has 0 aliphatic carbocycles. The summed E-state index contributed by atoms with van der Waals surface area (Å²) in [5.74, 6) is 0.826. The third-order valence-electron chi connectivity index (χ3n) is 11.7. The predicted molar refractivity (Wildman–Crippen MR) is 188 cm³/mol. The van der Waals surface area contributed by atoms with Crippen LogP contribution in [0.2, 0.25) is 0 Å². The maximum Gasteiger partial charge on any atom is 0.319 e. The molecule has 2 atom stereocenters. The lowest BCUT2D eigenvalue weighted by atomic mass is 9.89. The molecule has 3 fully saturated rings. The summed E-state index contributed by atoms with van der Waals surface area (Å²) >= 11 is 0. The summed E-state index contributed by atoms with van der Waals surface area (Å²) in [6.07, 6.45) is 8.67. The Balaban J connectivity index is 1.39. The number of ether oxygens (including phenoxy) is 1. The highest BCUT2D eigenvalue weighted by atomic mass is 19.1. The fraction of sp³-hybridized carbons (Fsp3) is 0.513. The van der Waals surface area contributed by atoms with E-state index in [9.17, 15) is 10.2 Å². The number of hydrogen-bond acceptors (Lipinski definition) is 8. The molecule has 0 amide bonds. The molecule has 3 saturated heterocycles. The maximum absolute atomic E-state index is 15.3. The number of aryl methyl sites for hydroxylation is 1. The molecule has 0 saturated carbocycles. The number of aromatic hydroxyl groups is 1. The average molecular weight is 652 g/mol. The summed E-state index contributed by atoms with van der Waals surface area (Å²) in [4.78, 5) is 20.4. The molecule has 0 bridgehead atoms. The van der Waals surface area contributed by atoms with Crippen molar-refractivity contribution in [2.75, 3.05) is 37.7 Å². The molecule has 8 rings (SSSR count). The van der Waals surface area contributed by atoms with Gasteiger partial charge in [0.15, 0.2) is 0 Å². The average Bonchev–Trinajstić information content (AvgIpc) is 3.64. The van der Waals surface area contributed by atoms with Gasteiger partial charge in [-0.3, -0.25) is 9.89 Å². The molecular formula is C39H46FN5O3. The number of halogens is 1. The lowest BCUT2D eigenvalue weighted by Crippen LogP contribution is -2.44. The van der Waals surface area contributed by atoms with Crippen LogP contribution < -0.4 is 20.2 Å². The molecule has 2 unspecified atom stereocenters. The fourth-order valence-corrected chi connectivity index (χ4v) is 8.72. The second-order valence-electron chi connectivity index (χ2n) is 15.0. The molecule has 1 aromatic heterocycles. The van der Waals surface area contributed by atoms with Crippen LogP contribution in [0, 0.1) is 11.7 Å². The number of phenolic OH excluding ortho intramolecular Hbond substituents is 1. The van der Waals surface area contributed by atoms with Crippen LogP contribution in [0.5, 0.6) is 11.8 Å². The number of aromatic nitrogens is 2. The molecule has 3 aromatic carbocycles. The molecule has 8 nitrogen and oxygen atoms in total. The van der Waals surface area contributed by atoms with Crippen LogP contribution >= 0.6 is 0 Å². The molecule has 4 aromatic rings. The van der Waals surface area contributed by atoms with E-state index < -0.39 is 5.60 Å². The molecule has 0 radical (unpaired) electrons. The van der Waals surface area contributed by atoms with Crippen LogP contribution in [0.4, 0.5) is 10.2 Å². The van der Waals surface area contributed by atoms with Gasteiger partial charge in [-0.05, 0) is 124 Å². The summed E-state index contributed by atoms with van der Waals surface area (Å²) in [6, 6.07) is 9.07. The van der Waals surface area contributed by atoms with E-state index in [4.69, 9.17) is 19.7 Å². The van der Waals surface area contributed by atoms with E-state index in [1.165, 1.54) is 18.9 Å². The van der Waals surface area contributed by atoms with Crippen molar-refractivity contribution in [3.8, 4) is 22.9 Å². The van der Waals surface area contributed by atoms with Crippen molar-refractivity contribution >= 4 is 33.6 Å². The summed E-state index contributed by atoms with van der Waals surface area (Å²) in [5, 5.41) is 26.0. The molecule has 4 aliphatic heterocycles. The molecule has 48 heavy (non-hydrogen) atoms. The zero-order chi connectivity index (χ0) is 33.4. The van der Waals surface area contributed by atoms with Gasteiger partial charge in [-0.25, -0.2) is 4.39 Å². The lowest BCUT2D eigenvalue weighted by Gasteiger charge is -2.37. The van der Waals surface area contributed by atoms with Crippen LogP contribution in [0.25, 0.3) is 38.9 Å². The first-order valence-corrected chi connectivity index (χ1v) is 17.8. The topological polar surface area (TPSA) is 94.3 Å². The second-order valence-corrected chi connectivity index (χ2v) is 15.0. The SMILES string of the molecule is CCc1c(F)ccc2cc(O)cc(-c3cc4nc(OCC56CCCN5CCC6)nc(N5CCC(C)(O)CC5)c4c4c3=NC(C)C(C)C=4)c12. The highest BCUT2D eigenvalue weighted by molar-refractivity contribution is 6.03. The van der Waals surface area contributed by atoms with Crippen molar-refractivity contribution in [3.63, 3.8) is 0 Å². The van der Waals surface area contributed by atoms with E-state index in [-0.39, 0.29) is 29.1 Å². The predicted octanol–water partition coefficient (Wildman–Crippen LogP) is 5.65. The Morgan fingerprint density at radius 2 is 1.71 bits per heavy atom. The van der Waals surface area contributed by atoms with Crippen LogP contribution in [0.1, 0.15) is 71.8 Å². The second kappa shape index (κ2) is 11.7. The van der Waals surface area contributed by atoms with Gasteiger partial charge in [0.1, 0.15) is 24.0 Å². The summed E-state index contributed by atoms with van der Waals surface area (Å²) < 4.78 is 21.9. The molecule has 2 N–H and O–H groups in total. The highest BCUT2D eigenvalue weighted by Gasteiger charge is 2.45. The Morgan fingerprint density at radius 1 is 0.958 bits per heavy atom. The summed E-state index contributed by atoms with van der Waals surface area (Å²) in [5.41, 5.74) is 2.22. The number of nitrogens with zero attached hydrogens (tertiary/aromatic N) is 5. The van der Waals surface area contributed by atoms with Crippen LogP contribution in [0.15, 0.2) is 35.3 Å². The number of benzene rings is 3. The Hall–Kier alpha value is -3.82. The Bertz CT molecular complexity index is 2040. The van der Waals surface area contributed by atoms with Crippen LogP contribution in [-0.4, -0.2) is 75.0 Å². The third-order valence-corrected chi connectivity index (χ3v) is 11.7. The lowest BCUT2D eigenvalue weighted by molar-refractivity contribution is 0.0350. The number of fused-ring (bicyclic) bond motifs is 5. The number of hydrogen-bond donors (Lipinski definition) is 2. The number of aliphatic hydroxyl groups is 1. The van der Waals surface area contributed by atoms with E-state index >= 15 is 4.39 Å². The largest absolute Gasteiger partial charge is 0.508 e. The third kappa shape index (κ3) is 5.21. The fourth-order valence-electron chi connectivity index (χ4n) is 8.72. The van der Waals surface area contributed by atoms with Gasteiger partial charge in [0, 0.05) is 23.9 Å². The van der Waals surface area contributed by atoms with Crippen molar-refractivity contribution in [1.82, 2.24) is 14.9 Å². The Kier molecular flexibility index (Phi) is 7.64. The van der Waals surface area contributed by atoms with Crippen molar-refractivity contribution in [2.45, 2.75) is 89.8 Å². The van der Waals surface area contributed by atoms with E-state index in [2.05, 4.69) is 29.7 Å². The van der Waals surface area contributed by atoms with Gasteiger partial charge in [0.2, 0.25) is 0 Å². The van der Waals surface area contributed by atoms with Crippen LogP contribution in [0.3, 0.4) is 0 Å². The smallest absolute Gasteiger partial charge is 0.319 e. The Labute approximate surface area is 281 Å². The summed E-state index contributed by atoms with van der Waals surface area (Å²) in [7, 11) is 0. The monoisotopic (exact) mass is 651 g/mol. The molecular weight excluding hydrogens is 605 g/mol. The standard InChI is InChI=1S/C39H46FN5O3/c1-5-27-31(40)9-8-25-19-26(46)20-28(33(25)27)29-21-32-34(30-18-23(2)24(3)41-35(29)30)36(44-16-12-38(4,47)13-17-44)43-37(42-32)48-22-39-10-6-14-45(39)15-7-11-39/h8-9,18-21,23-24,46-47H,5-7,10-17,22H2,1-4H3. The minimum Gasteiger partial charge on any atom is -0.508 e. The van der Waals surface area contributed by atoms with Gasteiger partial charge in [-0.1, -0.05) is 26.0 Å². The normalized spacial score (nSPS) is 23.2. The quantitative estimate of drug-likeness (QED) is 0.278. The number of phenols is 1. The van der Waals surface area contributed by atoms with Gasteiger partial charge in [-0.2, -0.15) is 9.97 Å². The van der Waals surface area contributed by atoms with E-state index in [1.54, 1.807) is 18.2 Å². The maximum atomic E-state index is 15.3. The molecule has 9 heteroatoms. The van der Waals surface area contributed by atoms with Crippen molar-refractivity contribution in [3.05, 3.63) is 52.3 Å². The highest BCUT2D eigenvalue weighted by Crippen LogP contribution is 2.40. The van der Waals surface area contributed by atoms with Crippen molar-refractivity contribution in [2.24, 2.45) is 10.9 Å². The molecule has 5 heterocycles. The first-order chi connectivity index (χ1) is 23.1. The van der Waals surface area contributed by atoms with Gasteiger partial charge in [-0.15, -0.1) is 0 Å². The van der Waals surface area contributed by atoms with Crippen LogP contribution in [-0.2, 0) is 6.42 Å². The number of piperidine rings is 1. The number of rotatable bonds is 6.